The zero-order valence-corrected chi connectivity index (χ0v) is 18.6. The lowest BCUT2D eigenvalue weighted by atomic mass is 10.2. The van der Waals surface area contributed by atoms with E-state index in [0.29, 0.717) is 24.5 Å². The summed E-state index contributed by atoms with van der Waals surface area (Å²) >= 11 is 0. The van der Waals surface area contributed by atoms with Gasteiger partial charge in [0.15, 0.2) is 11.9 Å². The SMILES string of the molecule is COc1ccc(OC(C)C(=O)Nc2ccc(S(=O)(=O)N3CCCCC3)cc2)c([N+](=O)[O-])c1. The Labute approximate surface area is 186 Å². The molecule has 1 N–H and O–H groups in total. The van der Waals surface area contributed by atoms with Gasteiger partial charge in [0, 0.05) is 18.8 Å². The van der Waals surface area contributed by atoms with E-state index in [1.165, 1.54) is 60.8 Å². The maximum Gasteiger partial charge on any atom is 0.314 e. The summed E-state index contributed by atoms with van der Waals surface area (Å²) < 4.78 is 37.4. The van der Waals surface area contributed by atoms with Gasteiger partial charge < -0.3 is 14.8 Å². The van der Waals surface area contributed by atoms with Crippen molar-refractivity contribution in [3.63, 3.8) is 0 Å². The Balaban J connectivity index is 1.66. The van der Waals surface area contributed by atoms with E-state index in [1.807, 2.05) is 0 Å². The van der Waals surface area contributed by atoms with Gasteiger partial charge >= 0.3 is 5.69 Å². The second-order valence-corrected chi connectivity index (χ2v) is 9.27. The van der Waals surface area contributed by atoms with Crippen LogP contribution in [0, 0.1) is 10.1 Å². The van der Waals surface area contributed by atoms with Crippen molar-refractivity contribution in [1.29, 1.82) is 0 Å². The molecule has 2 aromatic rings. The fourth-order valence-corrected chi connectivity index (χ4v) is 4.84. The highest BCUT2D eigenvalue weighted by atomic mass is 32.2. The molecular weight excluding hydrogens is 438 g/mol. The summed E-state index contributed by atoms with van der Waals surface area (Å²) in [6.45, 7) is 2.47. The van der Waals surface area contributed by atoms with E-state index >= 15 is 0 Å². The van der Waals surface area contributed by atoms with E-state index in [1.54, 1.807) is 0 Å². The van der Waals surface area contributed by atoms with E-state index in [9.17, 15) is 23.3 Å². The van der Waals surface area contributed by atoms with Crippen LogP contribution in [0.15, 0.2) is 47.4 Å². The van der Waals surface area contributed by atoms with Gasteiger partial charge in [0.25, 0.3) is 5.91 Å². The fourth-order valence-electron chi connectivity index (χ4n) is 3.32. The molecule has 32 heavy (non-hydrogen) atoms. The molecule has 0 aromatic heterocycles. The minimum Gasteiger partial charge on any atom is -0.496 e. The molecule has 0 spiro atoms. The number of hydrogen-bond donors (Lipinski definition) is 1. The highest BCUT2D eigenvalue weighted by Gasteiger charge is 2.26. The first-order chi connectivity index (χ1) is 15.2. The van der Waals surface area contributed by atoms with Gasteiger partial charge in [-0.2, -0.15) is 4.31 Å². The minimum absolute atomic E-state index is 0.0681. The molecule has 10 nitrogen and oxygen atoms in total. The highest BCUT2D eigenvalue weighted by molar-refractivity contribution is 7.89. The number of piperidine rings is 1. The molecule has 0 radical (unpaired) electrons. The fraction of sp³-hybridized carbons (Fsp3) is 0.381. The number of amides is 1. The number of sulfonamides is 1. The van der Waals surface area contributed by atoms with E-state index < -0.39 is 27.0 Å². The number of rotatable bonds is 8. The third kappa shape index (κ3) is 5.35. The summed E-state index contributed by atoms with van der Waals surface area (Å²) in [6, 6.07) is 9.95. The van der Waals surface area contributed by atoms with Crippen molar-refractivity contribution in [3.8, 4) is 11.5 Å². The zero-order valence-electron chi connectivity index (χ0n) is 17.8. The molecular formula is C21H25N3O7S. The third-order valence-electron chi connectivity index (χ3n) is 5.11. The maximum atomic E-state index is 12.7. The van der Waals surface area contributed by atoms with Crippen LogP contribution in [0.5, 0.6) is 11.5 Å². The number of benzene rings is 2. The monoisotopic (exact) mass is 463 g/mol. The topological polar surface area (TPSA) is 128 Å². The molecule has 1 unspecified atom stereocenters. The minimum atomic E-state index is -3.56. The van der Waals surface area contributed by atoms with E-state index in [4.69, 9.17) is 9.47 Å². The lowest BCUT2D eigenvalue weighted by Gasteiger charge is -2.25. The van der Waals surface area contributed by atoms with Crippen LogP contribution < -0.4 is 14.8 Å². The van der Waals surface area contributed by atoms with Gasteiger partial charge in [0.2, 0.25) is 10.0 Å². The second-order valence-electron chi connectivity index (χ2n) is 7.33. The molecule has 0 bridgehead atoms. The Morgan fingerprint density at radius 3 is 2.38 bits per heavy atom. The number of carbonyl (C=O) groups is 1. The summed E-state index contributed by atoms with van der Waals surface area (Å²) in [5.74, 6) is -0.316. The maximum absolute atomic E-state index is 12.7. The molecule has 11 heteroatoms. The number of nitro groups is 1. The van der Waals surface area contributed by atoms with Crippen molar-refractivity contribution in [2.45, 2.75) is 37.2 Å². The van der Waals surface area contributed by atoms with Crippen molar-refractivity contribution >= 4 is 27.3 Å². The quantitative estimate of drug-likeness (QED) is 0.470. The predicted octanol–water partition coefficient (Wildman–Crippen LogP) is 3.18. The molecule has 1 aliphatic rings. The normalized spacial score (nSPS) is 15.6. The second kappa shape index (κ2) is 9.96. The standard InChI is InChI=1S/C21H25N3O7S/c1-15(31-20-11-8-17(30-2)14-19(20)24(26)27)21(25)22-16-6-9-18(10-7-16)32(28,29)23-12-4-3-5-13-23/h6-11,14-15H,3-5,12-13H2,1-2H3,(H,22,25). The predicted molar refractivity (Wildman–Crippen MR) is 117 cm³/mol. The Morgan fingerprint density at radius 1 is 1.12 bits per heavy atom. The van der Waals surface area contributed by atoms with Crippen LogP contribution in [0.3, 0.4) is 0 Å². The molecule has 1 saturated heterocycles. The van der Waals surface area contributed by atoms with Gasteiger partial charge in [-0.05, 0) is 56.2 Å². The first-order valence-electron chi connectivity index (χ1n) is 10.1. The number of nitrogens with one attached hydrogen (secondary N) is 1. The molecule has 1 aliphatic heterocycles. The Hall–Kier alpha value is -3.18. The summed E-state index contributed by atoms with van der Waals surface area (Å²) in [6.07, 6.45) is 1.67. The summed E-state index contributed by atoms with van der Waals surface area (Å²) in [5.41, 5.74) is 0.0588. The molecule has 172 valence electrons. The first-order valence-corrected chi connectivity index (χ1v) is 11.6. The van der Waals surface area contributed by atoms with E-state index in [-0.39, 0.29) is 16.3 Å². The molecule has 3 rings (SSSR count). The third-order valence-corrected chi connectivity index (χ3v) is 7.02. The Kier molecular flexibility index (Phi) is 7.31. The van der Waals surface area contributed by atoms with Crippen LogP contribution in [-0.4, -0.2) is 49.9 Å². The molecule has 1 atom stereocenters. The number of carbonyl (C=O) groups excluding carboxylic acids is 1. The molecule has 1 fully saturated rings. The van der Waals surface area contributed by atoms with E-state index in [2.05, 4.69) is 5.32 Å². The number of hydrogen-bond acceptors (Lipinski definition) is 7. The van der Waals surface area contributed by atoms with Crippen molar-refractivity contribution in [3.05, 3.63) is 52.6 Å². The average molecular weight is 464 g/mol. The van der Waals surface area contributed by atoms with Crippen molar-refractivity contribution in [1.82, 2.24) is 4.31 Å². The van der Waals surface area contributed by atoms with Gasteiger partial charge in [-0.25, -0.2) is 8.42 Å². The molecule has 0 aliphatic carbocycles. The lowest BCUT2D eigenvalue weighted by molar-refractivity contribution is -0.386. The number of nitro benzene ring substituents is 1. The summed E-state index contributed by atoms with van der Waals surface area (Å²) in [5, 5.41) is 13.9. The van der Waals surface area contributed by atoms with Crippen molar-refractivity contribution in [2.24, 2.45) is 0 Å². The largest absolute Gasteiger partial charge is 0.496 e. The van der Waals surface area contributed by atoms with Crippen LogP contribution in [0.25, 0.3) is 0 Å². The molecule has 1 amide bonds. The highest BCUT2D eigenvalue weighted by Crippen LogP contribution is 2.32. The van der Waals surface area contributed by atoms with Crippen molar-refractivity contribution in [2.75, 3.05) is 25.5 Å². The smallest absolute Gasteiger partial charge is 0.314 e. The van der Waals surface area contributed by atoms with Crippen LogP contribution in [-0.2, 0) is 14.8 Å². The average Bonchev–Trinajstić information content (AvgIpc) is 2.80. The van der Waals surface area contributed by atoms with Gasteiger partial charge in [0.1, 0.15) is 5.75 Å². The van der Waals surface area contributed by atoms with Crippen LogP contribution in [0.4, 0.5) is 11.4 Å². The molecule has 2 aromatic carbocycles. The lowest BCUT2D eigenvalue weighted by Crippen LogP contribution is -2.35. The number of ether oxygens (including phenoxy) is 2. The molecule has 0 saturated carbocycles. The Morgan fingerprint density at radius 2 is 1.78 bits per heavy atom. The number of anilines is 1. The number of nitrogens with zero attached hydrogens (tertiary/aromatic N) is 2. The van der Waals surface area contributed by atoms with Crippen LogP contribution in [0.2, 0.25) is 0 Å². The van der Waals surface area contributed by atoms with Crippen molar-refractivity contribution < 1.29 is 27.6 Å². The van der Waals surface area contributed by atoms with Gasteiger partial charge in [-0.3, -0.25) is 14.9 Å². The van der Waals surface area contributed by atoms with Crippen LogP contribution >= 0.6 is 0 Å². The zero-order chi connectivity index (χ0) is 23.3. The van der Waals surface area contributed by atoms with Gasteiger partial charge in [-0.1, -0.05) is 6.42 Å². The summed E-state index contributed by atoms with van der Waals surface area (Å²) in [4.78, 5) is 23.3. The first kappa shape index (κ1) is 23.5. The molecule has 1 heterocycles. The van der Waals surface area contributed by atoms with Gasteiger partial charge in [0.05, 0.1) is 23.0 Å². The Bertz CT molecular complexity index is 1080. The number of methoxy groups -OCH3 is 1. The van der Waals surface area contributed by atoms with E-state index in [0.717, 1.165) is 19.3 Å². The van der Waals surface area contributed by atoms with Crippen LogP contribution in [0.1, 0.15) is 26.2 Å². The van der Waals surface area contributed by atoms with Gasteiger partial charge in [-0.15, -0.1) is 0 Å². The summed E-state index contributed by atoms with van der Waals surface area (Å²) in [7, 11) is -2.17.